The third kappa shape index (κ3) is 9.15. The monoisotopic (exact) mass is 572 g/mol. The van der Waals surface area contributed by atoms with E-state index in [0.717, 1.165) is 43.2 Å². The average Bonchev–Trinajstić information content (AvgIpc) is 2.98. The van der Waals surface area contributed by atoms with Gasteiger partial charge in [-0.15, -0.1) is 0 Å². The molecule has 1 saturated carbocycles. The maximum atomic E-state index is 13.6. The number of aliphatic hydroxyl groups excluding tert-OH is 1. The SMILES string of the molecule is COCCCOc1cc(C[C@@H](C[C@H](N)[C@@H](O)CNC(=O)C2(c3ccc(F)cc3)CCCCC2)C(C)C)ccc1OC. The molecule has 0 radical (unpaired) electrons. The van der Waals surface area contributed by atoms with Crippen LogP contribution in [0.2, 0.25) is 0 Å². The molecule has 0 heterocycles. The fourth-order valence-electron chi connectivity index (χ4n) is 5.84. The van der Waals surface area contributed by atoms with Crippen LogP contribution < -0.4 is 20.5 Å². The van der Waals surface area contributed by atoms with Crippen LogP contribution in [-0.2, 0) is 21.4 Å². The molecule has 0 aliphatic heterocycles. The molecule has 3 atom stereocenters. The zero-order valence-electron chi connectivity index (χ0n) is 25.2. The zero-order chi connectivity index (χ0) is 29.8. The van der Waals surface area contributed by atoms with Gasteiger partial charge in [0.05, 0.1) is 25.2 Å². The van der Waals surface area contributed by atoms with Crippen molar-refractivity contribution >= 4 is 5.91 Å². The zero-order valence-corrected chi connectivity index (χ0v) is 25.2. The highest BCUT2D eigenvalue weighted by atomic mass is 19.1. The molecule has 41 heavy (non-hydrogen) atoms. The van der Waals surface area contributed by atoms with E-state index >= 15 is 0 Å². The van der Waals surface area contributed by atoms with E-state index in [1.54, 1.807) is 26.4 Å². The standard InChI is InChI=1S/C33H49FN2O5/c1-23(2)25(19-24-9-14-30(40-4)31(20-24)41-18-8-17-39-3)21-28(35)29(37)22-36-32(38)33(15-6-5-7-16-33)26-10-12-27(34)13-11-26/h9-14,20,23,25,28-29,37H,5-8,15-19,21-22,35H2,1-4H3,(H,36,38)/t25-,28-,29-/m0/s1. The van der Waals surface area contributed by atoms with Crippen molar-refractivity contribution in [1.29, 1.82) is 0 Å². The van der Waals surface area contributed by atoms with E-state index in [4.69, 9.17) is 19.9 Å². The summed E-state index contributed by atoms with van der Waals surface area (Å²) in [5.74, 6) is 1.50. The van der Waals surface area contributed by atoms with Crippen molar-refractivity contribution in [2.75, 3.05) is 34.0 Å². The van der Waals surface area contributed by atoms with Gasteiger partial charge in [0.15, 0.2) is 11.5 Å². The number of ether oxygens (including phenoxy) is 3. The second-order valence-electron chi connectivity index (χ2n) is 11.7. The molecular formula is C33H49FN2O5. The Kier molecular flexibility index (Phi) is 12.9. The lowest BCUT2D eigenvalue weighted by molar-refractivity contribution is -0.128. The smallest absolute Gasteiger partial charge is 0.230 e. The molecule has 228 valence electrons. The Morgan fingerprint density at radius 1 is 1.05 bits per heavy atom. The van der Waals surface area contributed by atoms with Gasteiger partial charge in [-0.25, -0.2) is 4.39 Å². The van der Waals surface area contributed by atoms with Gasteiger partial charge in [-0.2, -0.15) is 0 Å². The third-order valence-corrected chi connectivity index (χ3v) is 8.50. The summed E-state index contributed by atoms with van der Waals surface area (Å²) in [6, 6.07) is 11.7. The normalized spacial score (nSPS) is 17.1. The number of rotatable bonds is 16. The topological polar surface area (TPSA) is 103 Å². The van der Waals surface area contributed by atoms with Crippen LogP contribution in [-0.4, -0.2) is 57.1 Å². The molecule has 4 N–H and O–H groups in total. The molecule has 1 aliphatic rings. The lowest BCUT2D eigenvalue weighted by Crippen LogP contribution is -2.51. The number of aliphatic hydroxyl groups is 1. The van der Waals surface area contributed by atoms with Crippen molar-refractivity contribution in [2.24, 2.45) is 17.6 Å². The average molecular weight is 573 g/mol. The van der Waals surface area contributed by atoms with Gasteiger partial charge in [-0.3, -0.25) is 4.79 Å². The lowest BCUT2D eigenvalue weighted by atomic mass is 9.68. The first-order chi connectivity index (χ1) is 19.7. The Balaban J connectivity index is 1.61. The molecule has 0 spiro atoms. The van der Waals surface area contributed by atoms with Crippen molar-refractivity contribution < 1.29 is 28.5 Å². The summed E-state index contributed by atoms with van der Waals surface area (Å²) in [5, 5.41) is 14.0. The van der Waals surface area contributed by atoms with Crippen LogP contribution in [0.5, 0.6) is 11.5 Å². The van der Waals surface area contributed by atoms with E-state index in [2.05, 4.69) is 19.2 Å². The molecule has 1 fully saturated rings. The second kappa shape index (κ2) is 16.1. The van der Waals surface area contributed by atoms with E-state index < -0.39 is 17.6 Å². The molecular weight excluding hydrogens is 523 g/mol. The van der Waals surface area contributed by atoms with Gasteiger partial charge in [0.2, 0.25) is 5.91 Å². The minimum Gasteiger partial charge on any atom is -0.493 e. The van der Waals surface area contributed by atoms with Crippen molar-refractivity contribution in [2.45, 2.75) is 82.8 Å². The van der Waals surface area contributed by atoms with Crippen molar-refractivity contribution in [3.63, 3.8) is 0 Å². The van der Waals surface area contributed by atoms with Crippen molar-refractivity contribution in [3.05, 3.63) is 59.4 Å². The highest BCUT2D eigenvalue weighted by molar-refractivity contribution is 5.88. The van der Waals surface area contributed by atoms with Crippen LogP contribution in [0.15, 0.2) is 42.5 Å². The van der Waals surface area contributed by atoms with Gasteiger partial charge in [-0.05, 0) is 72.9 Å². The molecule has 3 rings (SSSR count). The number of carbonyl (C=O) groups is 1. The molecule has 0 unspecified atom stereocenters. The molecule has 2 aromatic carbocycles. The number of amides is 1. The minimum atomic E-state index is -0.885. The number of carbonyl (C=O) groups excluding carboxylic acids is 1. The van der Waals surface area contributed by atoms with Gasteiger partial charge in [0.1, 0.15) is 5.82 Å². The molecule has 0 bridgehead atoms. The quantitative estimate of drug-likeness (QED) is 0.240. The summed E-state index contributed by atoms with van der Waals surface area (Å²) in [6.45, 7) is 5.56. The maximum Gasteiger partial charge on any atom is 0.230 e. The van der Waals surface area contributed by atoms with Crippen LogP contribution in [0.1, 0.15) is 69.9 Å². The molecule has 1 amide bonds. The van der Waals surface area contributed by atoms with E-state index in [-0.39, 0.29) is 24.2 Å². The fourth-order valence-corrected chi connectivity index (χ4v) is 5.84. The van der Waals surface area contributed by atoms with E-state index in [9.17, 15) is 14.3 Å². The van der Waals surface area contributed by atoms with Gasteiger partial charge in [-0.1, -0.05) is 51.3 Å². The second-order valence-corrected chi connectivity index (χ2v) is 11.7. The van der Waals surface area contributed by atoms with E-state index in [1.807, 2.05) is 18.2 Å². The Bertz CT molecular complexity index is 1070. The van der Waals surface area contributed by atoms with Crippen LogP contribution in [0.4, 0.5) is 4.39 Å². The fraction of sp³-hybridized carbons (Fsp3) is 0.606. The lowest BCUT2D eigenvalue weighted by Gasteiger charge is -2.37. The Labute approximate surface area is 244 Å². The predicted molar refractivity (Wildman–Crippen MR) is 160 cm³/mol. The summed E-state index contributed by atoms with van der Waals surface area (Å²) in [7, 11) is 3.30. The summed E-state index contributed by atoms with van der Waals surface area (Å²) in [4.78, 5) is 13.5. The first-order valence-corrected chi connectivity index (χ1v) is 15.0. The maximum absolute atomic E-state index is 13.6. The Hall–Kier alpha value is -2.68. The summed E-state index contributed by atoms with van der Waals surface area (Å²) in [6.07, 6.45) is 5.66. The predicted octanol–water partition coefficient (Wildman–Crippen LogP) is 5.16. The highest BCUT2D eigenvalue weighted by Gasteiger charge is 2.41. The molecule has 2 aromatic rings. The minimum absolute atomic E-state index is 0.0791. The van der Waals surface area contributed by atoms with E-state index in [1.165, 1.54) is 12.1 Å². The van der Waals surface area contributed by atoms with Gasteiger partial charge >= 0.3 is 0 Å². The number of nitrogens with two attached hydrogens (primary N) is 1. The highest BCUT2D eigenvalue weighted by Crippen LogP contribution is 2.40. The molecule has 0 aromatic heterocycles. The molecule has 7 nitrogen and oxygen atoms in total. The first kappa shape index (κ1) is 32.8. The number of methoxy groups -OCH3 is 2. The number of nitrogens with one attached hydrogen (secondary N) is 1. The van der Waals surface area contributed by atoms with Crippen molar-refractivity contribution in [3.8, 4) is 11.5 Å². The Morgan fingerprint density at radius 2 is 1.76 bits per heavy atom. The summed E-state index contributed by atoms with van der Waals surface area (Å²) >= 11 is 0. The molecule has 0 saturated heterocycles. The summed E-state index contributed by atoms with van der Waals surface area (Å²) in [5.41, 5.74) is 7.75. The van der Waals surface area contributed by atoms with Crippen LogP contribution in [0, 0.1) is 17.7 Å². The number of benzene rings is 2. The molecule has 1 aliphatic carbocycles. The van der Waals surface area contributed by atoms with Crippen molar-refractivity contribution in [1.82, 2.24) is 5.32 Å². The van der Waals surface area contributed by atoms with Crippen LogP contribution >= 0.6 is 0 Å². The van der Waals surface area contributed by atoms with Crippen LogP contribution in [0.25, 0.3) is 0 Å². The van der Waals surface area contributed by atoms with Gasteiger partial charge in [0.25, 0.3) is 0 Å². The van der Waals surface area contributed by atoms with E-state index in [0.29, 0.717) is 49.9 Å². The van der Waals surface area contributed by atoms with Crippen LogP contribution in [0.3, 0.4) is 0 Å². The Morgan fingerprint density at radius 3 is 2.39 bits per heavy atom. The number of hydrogen-bond donors (Lipinski definition) is 3. The first-order valence-electron chi connectivity index (χ1n) is 15.0. The number of halogens is 1. The third-order valence-electron chi connectivity index (χ3n) is 8.50. The molecule has 8 heteroatoms. The van der Waals surface area contributed by atoms with Gasteiger partial charge in [0, 0.05) is 32.7 Å². The van der Waals surface area contributed by atoms with Gasteiger partial charge < -0.3 is 30.4 Å². The summed E-state index contributed by atoms with van der Waals surface area (Å²) < 4.78 is 30.1. The number of hydrogen-bond acceptors (Lipinski definition) is 6. The largest absolute Gasteiger partial charge is 0.493 e.